The van der Waals surface area contributed by atoms with Crippen molar-refractivity contribution in [1.29, 1.82) is 0 Å². The molecule has 2 amide bonds. The third-order valence-electron chi connectivity index (χ3n) is 4.12. The summed E-state index contributed by atoms with van der Waals surface area (Å²) in [7, 11) is 0. The molecule has 0 atom stereocenters. The highest BCUT2D eigenvalue weighted by atomic mass is 16.5. The monoisotopic (exact) mass is 378 g/mol. The van der Waals surface area contributed by atoms with Crippen molar-refractivity contribution in [2.45, 2.75) is 20.3 Å². The summed E-state index contributed by atoms with van der Waals surface area (Å²) in [5.41, 5.74) is 7.85. The van der Waals surface area contributed by atoms with E-state index in [2.05, 4.69) is 16.0 Å². The summed E-state index contributed by atoms with van der Waals surface area (Å²) in [6.45, 7) is 3.68. The second kappa shape index (κ2) is 8.85. The maximum absolute atomic E-state index is 12.5. The topological polar surface area (TPSA) is 85.2 Å². The van der Waals surface area contributed by atoms with Gasteiger partial charge in [-0.05, 0) is 43.2 Å². The van der Waals surface area contributed by atoms with Crippen molar-refractivity contribution in [3.63, 3.8) is 0 Å². The van der Waals surface area contributed by atoms with E-state index in [1.165, 1.54) is 6.20 Å². The number of carbonyl (C=O) groups excluding carboxylic acids is 2. The van der Waals surface area contributed by atoms with E-state index in [0.29, 0.717) is 17.7 Å². The highest BCUT2D eigenvalue weighted by Crippen LogP contribution is 2.15. The third kappa shape index (κ3) is 4.56. The molecular weight excluding hydrogens is 356 g/mol. The Morgan fingerprint density at radius 1 is 1.07 bits per heavy atom. The van der Waals surface area contributed by atoms with Crippen molar-refractivity contribution in [3.05, 3.63) is 77.6 Å². The van der Waals surface area contributed by atoms with Crippen LogP contribution in [0.4, 0.5) is 0 Å². The minimum Gasteiger partial charge on any atom is -0.484 e. The van der Waals surface area contributed by atoms with Crippen molar-refractivity contribution in [3.8, 4) is 11.4 Å². The molecule has 2 aromatic carbocycles. The van der Waals surface area contributed by atoms with Crippen molar-refractivity contribution < 1.29 is 14.3 Å². The van der Waals surface area contributed by atoms with Gasteiger partial charge in [0.2, 0.25) is 0 Å². The molecule has 1 heterocycles. The predicted octanol–water partition coefficient (Wildman–Crippen LogP) is 2.58. The number of rotatable bonds is 6. The first-order valence-corrected chi connectivity index (χ1v) is 8.99. The summed E-state index contributed by atoms with van der Waals surface area (Å²) < 4.78 is 7.13. The summed E-state index contributed by atoms with van der Waals surface area (Å²) >= 11 is 0. The Morgan fingerprint density at radius 3 is 2.57 bits per heavy atom. The van der Waals surface area contributed by atoms with Crippen LogP contribution in [0, 0.1) is 6.92 Å². The number of para-hydroxylation sites is 1. The average Bonchev–Trinajstić information content (AvgIpc) is 3.15. The number of ether oxygens (including phenoxy) is 1. The Labute approximate surface area is 163 Å². The molecule has 0 aliphatic heterocycles. The number of nitrogens with one attached hydrogen (secondary N) is 2. The summed E-state index contributed by atoms with van der Waals surface area (Å²) in [6, 6.07) is 16.9. The first kappa shape index (κ1) is 19.2. The molecule has 0 aliphatic carbocycles. The summed E-state index contributed by atoms with van der Waals surface area (Å²) in [4.78, 5) is 24.4. The number of benzene rings is 2. The van der Waals surface area contributed by atoms with Crippen LogP contribution in [-0.4, -0.2) is 28.2 Å². The van der Waals surface area contributed by atoms with Crippen LogP contribution < -0.4 is 15.6 Å². The van der Waals surface area contributed by atoms with Crippen LogP contribution in [0.2, 0.25) is 0 Å². The minimum atomic E-state index is -0.455. The van der Waals surface area contributed by atoms with Gasteiger partial charge in [-0.2, -0.15) is 5.10 Å². The van der Waals surface area contributed by atoms with Gasteiger partial charge < -0.3 is 4.74 Å². The van der Waals surface area contributed by atoms with Gasteiger partial charge in [-0.15, -0.1) is 0 Å². The first-order valence-electron chi connectivity index (χ1n) is 8.99. The van der Waals surface area contributed by atoms with Gasteiger partial charge in [-0.3, -0.25) is 20.4 Å². The zero-order chi connectivity index (χ0) is 19.9. The molecule has 3 aromatic rings. The normalized spacial score (nSPS) is 10.4. The Balaban J connectivity index is 1.59. The standard InChI is InChI=1S/C21H22N4O3/c1-3-19-18(13-22-25(19)16-9-5-4-6-10-16)21(27)24-23-20(26)14-28-17-11-7-8-15(2)12-17/h4-13H,3,14H2,1-2H3,(H,23,26)(H,24,27). The van der Waals surface area contributed by atoms with Crippen LogP contribution in [-0.2, 0) is 11.2 Å². The van der Waals surface area contributed by atoms with E-state index in [1.807, 2.05) is 62.4 Å². The van der Waals surface area contributed by atoms with Gasteiger partial charge in [0.1, 0.15) is 5.75 Å². The Hall–Kier alpha value is -3.61. The molecule has 0 saturated carbocycles. The van der Waals surface area contributed by atoms with Gasteiger partial charge in [0, 0.05) is 0 Å². The smallest absolute Gasteiger partial charge is 0.276 e. The van der Waals surface area contributed by atoms with Crippen molar-refractivity contribution >= 4 is 11.8 Å². The number of aromatic nitrogens is 2. The van der Waals surface area contributed by atoms with Gasteiger partial charge in [0.15, 0.2) is 6.61 Å². The van der Waals surface area contributed by atoms with Crippen LogP contribution in [0.3, 0.4) is 0 Å². The summed E-state index contributed by atoms with van der Waals surface area (Å²) in [5, 5.41) is 4.31. The molecule has 0 saturated heterocycles. The molecule has 3 rings (SSSR count). The number of carbonyl (C=O) groups is 2. The molecule has 2 N–H and O–H groups in total. The van der Waals surface area contributed by atoms with Gasteiger partial charge in [-0.1, -0.05) is 37.3 Å². The van der Waals surface area contributed by atoms with Crippen LogP contribution in [0.25, 0.3) is 5.69 Å². The van der Waals surface area contributed by atoms with Gasteiger partial charge in [-0.25, -0.2) is 4.68 Å². The highest BCUT2D eigenvalue weighted by molar-refractivity contribution is 5.96. The van der Waals surface area contributed by atoms with Crippen molar-refractivity contribution in [2.75, 3.05) is 6.61 Å². The first-order chi connectivity index (χ1) is 13.6. The van der Waals surface area contributed by atoms with E-state index in [1.54, 1.807) is 10.7 Å². The Kier molecular flexibility index (Phi) is 6.06. The molecular formula is C21H22N4O3. The van der Waals surface area contributed by atoms with Gasteiger partial charge in [0.25, 0.3) is 11.8 Å². The fourth-order valence-electron chi connectivity index (χ4n) is 2.78. The number of aryl methyl sites for hydroxylation is 1. The largest absolute Gasteiger partial charge is 0.484 e. The van der Waals surface area contributed by atoms with Crippen molar-refractivity contribution in [1.82, 2.24) is 20.6 Å². The fraction of sp³-hybridized carbons (Fsp3) is 0.190. The molecule has 7 nitrogen and oxygen atoms in total. The lowest BCUT2D eigenvalue weighted by atomic mass is 10.2. The number of hydrazine groups is 1. The van der Waals surface area contributed by atoms with E-state index in [0.717, 1.165) is 16.9 Å². The number of hydrogen-bond acceptors (Lipinski definition) is 4. The Morgan fingerprint density at radius 2 is 1.86 bits per heavy atom. The van der Waals surface area contributed by atoms with Crippen LogP contribution >= 0.6 is 0 Å². The summed E-state index contributed by atoms with van der Waals surface area (Å²) in [5.74, 6) is -0.287. The molecule has 0 unspecified atom stereocenters. The maximum Gasteiger partial charge on any atom is 0.276 e. The molecule has 0 spiro atoms. The SMILES string of the molecule is CCc1c(C(=O)NNC(=O)COc2cccc(C)c2)cnn1-c1ccccc1. The van der Waals surface area contributed by atoms with E-state index in [9.17, 15) is 9.59 Å². The molecule has 0 aliphatic rings. The van der Waals surface area contributed by atoms with Crippen LogP contribution in [0.15, 0.2) is 60.8 Å². The second-order valence-corrected chi connectivity index (χ2v) is 6.21. The lowest BCUT2D eigenvalue weighted by molar-refractivity contribution is -0.123. The highest BCUT2D eigenvalue weighted by Gasteiger charge is 2.17. The van der Waals surface area contributed by atoms with E-state index >= 15 is 0 Å². The lowest BCUT2D eigenvalue weighted by Gasteiger charge is -2.10. The molecule has 28 heavy (non-hydrogen) atoms. The van der Waals surface area contributed by atoms with E-state index in [4.69, 9.17) is 4.74 Å². The van der Waals surface area contributed by atoms with Crippen molar-refractivity contribution in [2.24, 2.45) is 0 Å². The van der Waals surface area contributed by atoms with Crippen LogP contribution in [0.1, 0.15) is 28.5 Å². The van der Waals surface area contributed by atoms with E-state index in [-0.39, 0.29) is 6.61 Å². The molecule has 0 radical (unpaired) electrons. The van der Waals surface area contributed by atoms with Gasteiger partial charge >= 0.3 is 0 Å². The molecule has 1 aromatic heterocycles. The fourth-order valence-corrected chi connectivity index (χ4v) is 2.78. The second-order valence-electron chi connectivity index (χ2n) is 6.21. The number of nitrogens with zero attached hydrogens (tertiary/aromatic N) is 2. The Bertz CT molecular complexity index is 967. The minimum absolute atomic E-state index is 0.201. The molecule has 7 heteroatoms. The summed E-state index contributed by atoms with van der Waals surface area (Å²) in [6.07, 6.45) is 2.11. The zero-order valence-corrected chi connectivity index (χ0v) is 15.8. The zero-order valence-electron chi connectivity index (χ0n) is 15.8. The molecule has 0 bridgehead atoms. The average molecular weight is 378 g/mol. The molecule has 144 valence electrons. The lowest BCUT2D eigenvalue weighted by Crippen LogP contribution is -2.44. The number of hydrogen-bond donors (Lipinski definition) is 2. The molecule has 0 fully saturated rings. The van der Waals surface area contributed by atoms with Gasteiger partial charge in [0.05, 0.1) is 23.1 Å². The van der Waals surface area contributed by atoms with E-state index < -0.39 is 11.8 Å². The quantitative estimate of drug-likeness (QED) is 0.646. The third-order valence-corrected chi connectivity index (χ3v) is 4.12. The number of amides is 2. The maximum atomic E-state index is 12.5. The predicted molar refractivity (Wildman–Crippen MR) is 105 cm³/mol. The van der Waals surface area contributed by atoms with Crippen LogP contribution in [0.5, 0.6) is 5.75 Å².